The Morgan fingerprint density at radius 3 is 2.55 bits per heavy atom. The average molecular weight is 298 g/mol. The fourth-order valence-corrected chi connectivity index (χ4v) is 2.68. The number of halogens is 2. The SMILES string of the molecule is CC(C)CNCc1oc2c(Cl)cc(F)cc2c1C(C)C. The third-order valence-electron chi connectivity index (χ3n) is 3.24. The van der Waals surface area contributed by atoms with Crippen LogP contribution in [0.25, 0.3) is 11.0 Å². The Morgan fingerprint density at radius 2 is 1.95 bits per heavy atom. The molecule has 110 valence electrons. The zero-order valence-electron chi connectivity index (χ0n) is 12.4. The van der Waals surface area contributed by atoms with Crippen LogP contribution in [0.1, 0.15) is 44.9 Å². The van der Waals surface area contributed by atoms with Crippen molar-refractivity contribution in [3.63, 3.8) is 0 Å². The Labute approximate surface area is 124 Å². The molecule has 1 N–H and O–H groups in total. The maximum Gasteiger partial charge on any atom is 0.153 e. The van der Waals surface area contributed by atoms with Gasteiger partial charge in [0.1, 0.15) is 11.6 Å². The molecular formula is C16H21ClFNO. The first kappa shape index (κ1) is 15.3. The molecule has 0 fully saturated rings. The van der Waals surface area contributed by atoms with E-state index in [2.05, 4.69) is 33.0 Å². The first-order valence-electron chi connectivity index (χ1n) is 7.01. The molecule has 1 aromatic carbocycles. The fraction of sp³-hybridized carbons (Fsp3) is 0.500. The van der Waals surface area contributed by atoms with E-state index >= 15 is 0 Å². The first-order chi connectivity index (χ1) is 9.40. The van der Waals surface area contributed by atoms with E-state index in [0.29, 0.717) is 23.1 Å². The van der Waals surface area contributed by atoms with Crippen molar-refractivity contribution in [3.05, 3.63) is 34.3 Å². The minimum atomic E-state index is -0.327. The monoisotopic (exact) mass is 297 g/mol. The summed E-state index contributed by atoms with van der Waals surface area (Å²) in [5, 5.41) is 4.48. The quantitative estimate of drug-likeness (QED) is 0.831. The molecule has 2 aromatic rings. The Hall–Kier alpha value is -1.06. The van der Waals surface area contributed by atoms with Gasteiger partial charge in [0, 0.05) is 10.9 Å². The van der Waals surface area contributed by atoms with Gasteiger partial charge in [0.15, 0.2) is 5.58 Å². The van der Waals surface area contributed by atoms with Gasteiger partial charge in [0.2, 0.25) is 0 Å². The second kappa shape index (κ2) is 6.15. The Kier molecular flexibility index (Phi) is 4.71. The van der Waals surface area contributed by atoms with Gasteiger partial charge in [-0.15, -0.1) is 0 Å². The minimum Gasteiger partial charge on any atom is -0.458 e. The van der Waals surface area contributed by atoms with Crippen molar-refractivity contribution in [1.29, 1.82) is 0 Å². The molecule has 0 saturated carbocycles. The lowest BCUT2D eigenvalue weighted by atomic mass is 9.99. The summed E-state index contributed by atoms with van der Waals surface area (Å²) >= 11 is 6.08. The predicted molar refractivity (Wildman–Crippen MR) is 81.8 cm³/mol. The first-order valence-corrected chi connectivity index (χ1v) is 7.39. The van der Waals surface area contributed by atoms with E-state index in [1.807, 2.05) is 0 Å². The second-order valence-electron chi connectivity index (χ2n) is 5.88. The highest BCUT2D eigenvalue weighted by atomic mass is 35.5. The molecule has 0 saturated heterocycles. The molecule has 0 amide bonds. The second-order valence-corrected chi connectivity index (χ2v) is 6.29. The van der Waals surface area contributed by atoms with Gasteiger partial charge in [-0.2, -0.15) is 0 Å². The van der Waals surface area contributed by atoms with Crippen LogP contribution in [0.2, 0.25) is 5.02 Å². The van der Waals surface area contributed by atoms with Crippen molar-refractivity contribution in [2.24, 2.45) is 5.92 Å². The van der Waals surface area contributed by atoms with Crippen LogP contribution < -0.4 is 5.32 Å². The molecule has 0 radical (unpaired) electrons. The van der Waals surface area contributed by atoms with Gasteiger partial charge in [0.25, 0.3) is 0 Å². The molecule has 0 spiro atoms. The molecule has 0 aliphatic heterocycles. The number of hydrogen-bond acceptors (Lipinski definition) is 2. The van der Waals surface area contributed by atoms with E-state index in [9.17, 15) is 4.39 Å². The summed E-state index contributed by atoms with van der Waals surface area (Å²) in [6.45, 7) is 10.0. The molecule has 2 rings (SSSR count). The summed E-state index contributed by atoms with van der Waals surface area (Å²) in [5.74, 6) is 1.35. The van der Waals surface area contributed by atoms with Crippen LogP contribution in [-0.2, 0) is 6.54 Å². The molecule has 4 heteroatoms. The minimum absolute atomic E-state index is 0.255. The van der Waals surface area contributed by atoms with Gasteiger partial charge in [-0.25, -0.2) is 4.39 Å². The highest BCUT2D eigenvalue weighted by Gasteiger charge is 2.19. The molecule has 2 nitrogen and oxygen atoms in total. The smallest absolute Gasteiger partial charge is 0.153 e. The Morgan fingerprint density at radius 1 is 1.25 bits per heavy atom. The van der Waals surface area contributed by atoms with E-state index in [4.69, 9.17) is 16.0 Å². The van der Waals surface area contributed by atoms with Crippen LogP contribution >= 0.6 is 11.6 Å². The van der Waals surface area contributed by atoms with Crippen molar-refractivity contribution in [2.75, 3.05) is 6.54 Å². The number of fused-ring (bicyclic) bond motifs is 1. The number of hydrogen-bond donors (Lipinski definition) is 1. The van der Waals surface area contributed by atoms with Crippen LogP contribution in [0.15, 0.2) is 16.5 Å². The third kappa shape index (κ3) is 3.15. The van der Waals surface area contributed by atoms with E-state index in [-0.39, 0.29) is 11.7 Å². The Balaban J connectivity index is 2.43. The number of rotatable bonds is 5. The normalized spacial score (nSPS) is 12.0. The van der Waals surface area contributed by atoms with Crippen LogP contribution in [0, 0.1) is 11.7 Å². The predicted octanol–water partition coefficient (Wildman–Crippen LogP) is 5.09. The summed E-state index contributed by atoms with van der Waals surface area (Å²) in [5.41, 5.74) is 1.62. The van der Waals surface area contributed by atoms with Gasteiger partial charge in [-0.3, -0.25) is 0 Å². The largest absolute Gasteiger partial charge is 0.458 e. The summed E-state index contributed by atoms with van der Waals surface area (Å²) < 4.78 is 19.4. The molecule has 1 heterocycles. The lowest BCUT2D eigenvalue weighted by molar-refractivity contribution is 0.478. The van der Waals surface area contributed by atoms with Crippen molar-refractivity contribution >= 4 is 22.6 Å². The number of furan rings is 1. The topological polar surface area (TPSA) is 25.2 Å². The van der Waals surface area contributed by atoms with Gasteiger partial charge in [0.05, 0.1) is 11.6 Å². The average Bonchev–Trinajstić information content (AvgIpc) is 2.67. The highest BCUT2D eigenvalue weighted by Crippen LogP contribution is 2.36. The van der Waals surface area contributed by atoms with E-state index in [1.54, 1.807) is 0 Å². The molecule has 20 heavy (non-hydrogen) atoms. The molecule has 0 unspecified atom stereocenters. The van der Waals surface area contributed by atoms with Crippen molar-refractivity contribution in [2.45, 2.75) is 40.2 Å². The maximum absolute atomic E-state index is 13.6. The van der Waals surface area contributed by atoms with Crippen LogP contribution in [0.5, 0.6) is 0 Å². The maximum atomic E-state index is 13.6. The molecule has 0 aliphatic carbocycles. The lowest BCUT2D eigenvalue weighted by Crippen LogP contribution is -2.19. The van der Waals surface area contributed by atoms with E-state index < -0.39 is 0 Å². The Bertz CT molecular complexity index is 604. The third-order valence-corrected chi connectivity index (χ3v) is 3.52. The lowest BCUT2D eigenvalue weighted by Gasteiger charge is -2.09. The van der Waals surface area contributed by atoms with Crippen LogP contribution in [0.3, 0.4) is 0 Å². The van der Waals surface area contributed by atoms with Crippen LogP contribution in [0.4, 0.5) is 4.39 Å². The molecule has 1 aromatic heterocycles. The van der Waals surface area contributed by atoms with Crippen molar-refractivity contribution in [3.8, 4) is 0 Å². The molecule has 0 aliphatic rings. The van der Waals surface area contributed by atoms with Gasteiger partial charge >= 0.3 is 0 Å². The van der Waals surface area contributed by atoms with E-state index in [1.165, 1.54) is 12.1 Å². The van der Waals surface area contributed by atoms with E-state index in [0.717, 1.165) is 23.3 Å². The van der Waals surface area contributed by atoms with Gasteiger partial charge in [-0.05, 0) is 30.5 Å². The van der Waals surface area contributed by atoms with Crippen molar-refractivity contribution < 1.29 is 8.81 Å². The number of nitrogens with one attached hydrogen (secondary N) is 1. The van der Waals surface area contributed by atoms with Crippen molar-refractivity contribution in [1.82, 2.24) is 5.32 Å². The van der Waals surface area contributed by atoms with Gasteiger partial charge in [-0.1, -0.05) is 39.3 Å². The fourth-order valence-electron chi connectivity index (χ4n) is 2.43. The highest BCUT2D eigenvalue weighted by molar-refractivity contribution is 6.35. The summed E-state index contributed by atoms with van der Waals surface area (Å²) in [7, 11) is 0. The van der Waals surface area contributed by atoms with Crippen LogP contribution in [-0.4, -0.2) is 6.54 Å². The summed E-state index contributed by atoms with van der Waals surface area (Å²) in [6, 6.07) is 2.80. The molecule has 0 bridgehead atoms. The molecular weight excluding hydrogens is 277 g/mol. The zero-order chi connectivity index (χ0) is 14.9. The van der Waals surface area contributed by atoms with Gasteiger partial charge < -0.3 is 9.73 Å². The number of benzene rings is 1. The molecule has 0 atom stereocenters. The summed E-state index contributed by atoms with van der Waals surface area (Å²) in [4.78, 5) is 0. The summed E-state index contributed by atoms with van der Waals surface area (Å²) in [6.07, 6.45) is 0. The zero-order valence-corrected chi connectivity index (χ0v) is 13.1. The standard InChI is InChI=1S/C16H21ClFNO/c1-9(2)7-19-8-14-15(10(3)4)12-5-11(18)6-13(17)16(12)20-14/h5-6,9-10,19H,7-8H2,1-4H3.